The van der Waals surface area contributed by atoms with Crippen molar-refractivity contribution >= 4 is 23.5 Å². The Morgan fingerprint density at radius 3 is 2.51 bits per heavy atom. The quantitative estimate of drug-likeness (QED) is 0.340. The number of carbonyl (C=O) groups excluding carboxylic acids is 1. The molecule has 45 heavy (non-hydrogen) atoms. The number of likely N-dealkylation sites (tertiary alicyclic amines) is 1. The van der Waals surface area contributed by atoms with Crippen molar-refractivity contribution in [1.82, 2.24) is 20.2 Å². The first-order chi connectivity index (χ1) is 21.7. The zero-order valence-electron chi connectivity index (χ0n) is 26.8. The summed E-state index contributed by atoms with van der Waals surface area (Å²) in [5, 5.41) is 3.00. The minimum absolute atomic E-state index is 0.108. The summed E-state index contributed by atoms with van der Waals surface area (Å²) in [6, 6.07) is 7.84. The molecular formula is C34H43N5O5S. The van der Waals surface area contributed by atoms with Gasteiger partial charge < -0.3 is 34.3 Å². The molecule has 240 valence electrons. The minimum Gasteiger partial charge on any atom is -0.448 e. The Morgan fingerprint density at radius 1 is 1.11 bits per heavy atom. The highest BCUT2D eigenvalue weighted by atomic mass is 32.2. The summed E-state index contributed by atoms with van der Waals surface area (Å²) in [7, 11) is 0. The van der Waals surface area contributed by atoms with E-state index in [0.29, 0.717) is 41.4 Å². The van der Waals surface area contributed by atoms with E-state index in [9.17, 15) is 9.59 Å². The van der Waals surface area contributed by atoms with Crippen molar-refractivity contribution in [3.05, 3.63) is 63.2 Å². The average Bonchev–Trinajstić information content (AvgIpc) is 3.43. The predicted octanol–water partition coefficient (Wildman–Crippen LogP) is 4.76. The second-order valence-corrected chi connectivity index (χ2v) is 13.0. The van der Waals surface area contributed by atoms with E-state index < -0.39 is 5.79 Å². The number of carbonyl (C=O) groups is 1. The number of ether oxygens (including phenoxy) is 3. The highest BCUT2D eigenvalue weighted by Gasteiger charge is 2.47. The fraction of sp³-hybridized carbons (Fsp3) is 0.500. The second-order valence-electron chi connectivity index (χ2n) is 12.2. The van der Waals surface area contributed by atoms with E-state index in [1.54, 1.807) is 0 Å². The molecule has 1 amide bonds. The van der Waals surface area contributed by atoms with Crippen molar-refractivity contribution in [3.63, 3.8) is 0 Å². The molecule has 3 aliphatic rings. The molecule has 0 bridgehead atoms. The molecule has 1 aromatic carbocycles. The van der Waals surface area contributed by atoms with Crippen LogP contribution in [0.5, 0.6) is 11.5 Å². The van der Waals surface area contributed by atoms with Crippen molar-refractivity contribution in [3.8, 4) is 22.6 Å². The van der Waals surface area contributed by atoms with Gasteiger partial charge in [-0.15, -0.1) is 11.8 Å². The monoisotopic (exact) mass is 633 g/mol. The lowest BCUT2D eigenvalue weighted by Crippen LogP contribution is -2.48. The molecular weight excluding hydrogens is 590 g/mol. The number of aromatic amines is 1. The Kier molecular flexibility index (Phi) is 9.12. The van der Waals surface area contributed by atoms with Gasteiger partial charge in [0.05, 0.1) is 13.2 Å². The largest absolute Gasteiger partial charge is 0.448 e. The number of hydrogen-bond acceptors (Lipinski definition) is 9. The molecule has 2 aromatic heterocycles. The number of hydrogen-bond donors (Lipinski definition) is 2. The van der Waals surface area contributed by atoms with Crippen molar-refractivity contribution in [2.75, 3.05) is 57.1 Å². The third-order valence-electron chi connectivity index (χ3n) is 9.38. The number of nitrogens with zero attached hydrogens (tertiary/aromatic N) is 3. The maximum Gasteiger partial charge on any atom is 0.254 e. The van der Waals surface area contributed by atoms with Crippen LogP contribution in [0, 0.1) is 19.8 Å². The third-order valence-corrected chi connectivity index (χ3v) is 10.2. The molecule has 0 aliphatic carbocycles. The summed E-state index contributed by atoms with van der Waals surface area (Å²) in [4.78, 5) is 39.7. The molecule has 6 rings (SSSR count). The van der Waals surface area contributed by atoms with E-state index in [0.717, 1.165) is 73.1 Å². The zero-order valence-corrected chi connectivity index (χ0v) is 27.6. The van der Waals surface area contributed by atoms with Gasteiger partial charge in [0.25, 0.3) is 17.3 Å². The van der Waals surface area contributed by atoms with E-state index in [1.807, 2.05) is 57.5 Å². The molecule has 0 saturated carbocycles. The summed E-state index contributed by atoms with van der Waals surface area (Å²) in [5.41, 5.74) is 3.91. The van der Waals surface area contributed by atoms with E-state index in [1.165, 1.54) is 11.8 Å². The number of H-pyrrole nitrogens is 1. The van der Waals surface area contributed by atoms with Crippen molar-refractivity contribution in [2.45, 2.75) is 57.8 Å². The Hall–Kier alpha value is -3.54. The van der Waals surface area contributed by atoms with Gasteiger partial charge in [-0.2, -0.15) is 0 Å². The van der Waals surface area contributed by atoms with Crippen LogP contribution in [0.3, 0.4) is 0 Å². The zero-order chi connectivity index (χ0) is 31.7. The van der Waals surface area contributed by atoms with Crippen LogP contribution in [-0.2, 0) is 11.3 Å². The van der Waals surface area contributed by atoms with Gasteiger partial charge in [0.1, 0.15) is 5.82 Å². The predicted molar refractivity (Wildman–Crippen MR) is 177 cm³/mol. The molecule has 10 nitrogen and oxygen atoms in total. The van der Waals surface area contributed by atoms with Crippen LogP contribution in [-0.4, -0.2) is 78.8 Å². The first-order valence-corrected chi connectivity index (χ1v) is 17.0. The number of nitrogens with one attached hydrogen (secondary N) is 2. The number of amides is 1. The lowest BCUT2D eigenvalue weighted by atomic mass is 9.89. The van der Waals surface area contributed by atoms with Crippen LogP contribution in [0.4, 0.5) is 5.82 Å². The Labute approximate surface area is 268 Å². The number of rotatable bonds is 8. The van der Waals surface area contributed by atoms with Crippen molar-refractivity contribution in [1.29, 1.82) is 0 Å². The number of aromatic nitrogens is 2. The van der Waals surface area contributed by atoms with E-state index in [-0.39, 0.29) is 23.9 Å². The van der Waals surface area contributed by atoms with Crippen LogP contribution < -0.4 is 25.2 Å². The minimum atomic E-state index is -0.847. The van der Waals surface area contributed by atoms with E-state index in [4.69, 9.17) is 19.2 Å². The maximum absolute atomic E-state index is 13.8. The average molecular weight is 634 g/mol. The number of anilines is 1. The van der Waals surface area contributed by atoms with Crippen molar-refractivity contribution in [2.24, 2.45) is 5.92 Å². The molecule has 3 aromatic rings. The normalized spacial score (nSPS) is 20.4. The van der Waals surface area contributed by atoms with Crippen LogP contribution in [0.15, 0.2) is 40.2 Å². The number of pyridine rings is 2. The smallest absolute Gasteiger partial charge is 0.254 e. The molecule has 0 spiro atoms. The van der Waals surface area contributed by atoms with Gasteiger partial charge in [-0.1, -0.05) is 6.92 Å². The molecule has 5 heterocycles. The first kappa shape index (κ1) is 31.4. The molecule has 0 unspecified atom stereocenters. The SMILES string of the molecule is CCN1CCC([C@]2(C)Oc3c(-c4ccc(N5CCOCC5)nc4)cc(C(=O)NCc4c(SC)cc(C)[nH]c4=O)c(C)c3O2)CC1. The molecule has 2 fully saturated rings. The summed E-state index contributed by atoms with van der Waals surface area (Å²) >= 11 is 1.49. The number of benzene rings is 1. The summed E-state index contributed by atoms with van der Waals surface area (Å²) in [6.07, 6.45) is 5.71. The molecule has 1 atom stereocenters. The van der Waals surface area contributed by atoms with Gasteiger partial charge in [-0.05, 0) is 76.8 Å². The highest BCUT2D eigenvalue weighted by molar-refractivity contribution is 7.98. The Balaban J connectivity index is 1.34. The fourth-order valence-corrected chi connectivity index (χ4v) is 7.30. The van der Waals surface area contributed by atoms with Crippen molar-refractivity contribution < 1.29 is 19.0 Å². The number of thioether (sulfide) groups is 1. The molecule has 3 aliphatic heterocycles. The molecule has 2 N–H and O–H groups in total. The van der Waals surface area contributed by atoms with Crippen LogP contribution >= 0.6 is 11.8 Å². The maximum atomic E-state index is 13.8. The van der Waals surface area contributed by atoms with Gasteiger partial charge in [0.15, 0.2) is 11.5 Å². The standard InChI is InChI=1S/C34H43N5O5S/c1-6-38-11-9-24(10-12-38)34(4)43-30-22(3)25(32(40)36-20-27-28(45-5)17-21(2)37-33(27)41)18-26(31(30)44-34)23-7-8-29(35-19-23)39-13-15-42-16-14-39/h7-8,17-19,24H,6,9-16,20H2,1-5H3,(H,36,40)(H,37,41)/t34-/m0/s1. The summed E-state index contributed by atoms with van der Waals surface area (Å²) in [6.45, 7) is 14.1. The number of aryl methyl sites for hydroxylation is 1. The summed E-state index contributed by atoms with van der Waals surface area (Å²) in [5.74, 6) is 1.20. The first-order valence-electron chi connectivity index (χ1n) is 15.8. The fourth-order valence-electron chi connectivity index (χ4n) is 6.60. The van der Waals surface area contributed by atoms with E-state index in [2.05, 4.69) is 27.0 Å². The molecule has 0 radical (unpaired) electrons. The highest BCUT2D eigenvalue weighted by Crippen LogP contribution is 2.52. The van der Waals surface area contributed by atoms with Crippen LogP contribution in [0.25, 0.3) is 11.1 Å². The van der Waals surface area contributed by atoms with Gasteiger partial charge >= 0.3 is 0 Å². The van der Waals surface area contributed by atoms with Gasteiger partial charge in [0.2, 0.25) is 0 Å². The number of morpholine rings is 1. The van der Waals surface area contributed by atoms with Crippen LogP contribution in [0.1, 0.15) is 53.9 Å². The van der Waals surface area contributed by atoms with Gasteiger partial charge in [-0.25, -0.2) is 4.98 Å². The Bertz CT molecular complexity index is 1610. The Morgan fingerprint density at radius 2 is 1.84 bits per heavy atom. The third kappa shape index (κ3) is 6.30. The molecule has 11 heteroatoms. The lowest BCUT2D eigenvalue weighted by Gasteiger charge is -2.38. The number of piperidine rings is 1. The number of fused-ring (bicyclic) bond motifs is 1. The molecule has 2 saturated heterocycles. The summed E-state index contributed by atoms with van der Waals surface area (Å²) < 4.78 is 19.0. The lowest BCUT2D eigenvalue weighted by molar-refractivity contribution is -0.124. The topological polar surface area (TPSA) is 109 Å². The van der Waals surface area contributed by atoms with Gasteiger partial charge in [0, 0.05) is 77.1 Å². The van der Waals surface area contributed by atoms with Gasteiger partial charge in [-0.3, -0.25) is 9.59 Å². The van der Waals surface area contributed by atoms with Crippen LogP contribution in [0.2, 0.25) is 0 Å². The second kappa shape index (κ2) is 13.1. The van der Waals surface area contributed by atoms with E-state index >= 15 is 0 Å².